The van der Waals surface area contributed by atoms with Crippen LogP contribution in [0, 0.1) is 0 Å². The summed E-state index contributed by atoms with van der Waals surface area (Å²) in [5, 5.41) is 4.67. The molecular weight excluding hydrogens is 258 g/mol. The molecule has 0 bridgehead atoms. The fourth-order valence-corrected chi connectivity index (χ4v) is 1.79. The van der Waals surface area contributed by atoms with E-state index in [1.165, 1.54) is 6.33 Å². The van der Waals surface area contributed by atoms with Gasteiger partial charge in [0.05, 0.1) is 0 Å². The lowest BCUT2D eigenvalue weighted by Gasteiger charge is -2.07. The van der Waals surface area contributed by atoms with Crippen molar-refractivity contribution in [1.82, 2.24) is 19.7 Å². The van der Waals surface area contributed by atoms with Crippen LogP contribution in [0.15, 0.2) is 42.9 Å². The van der Waals surface area contributed by atoms with Crippen LogP contribution >= 0.6 is 0 Å². The number of aromatic nitrogens is 4. The first-order valence-electron chi connectivity index (χ1n) is 5.91. The quantitative estimate of drug-likeness (QED) is 0.765. The Morgan fingerprint density at radius 1 is 1.25 bits per heavy atom. The maximum absolute atomic E-state index is 11.8. The van der Waals surface area contributed by atoms with Gasteiger partial charge in [0.1, 0.15) is 17.6 Å². The zero-order valence-corrected chi connectivity index (χ0v) is 10.4. The van der Waals surface area contributed by atoms with E-state index in [4.69, 9.17) is 10.5 Å². The number of nitrogens with zero attached hydrogens (tertiary/aromatic N) is 4. The summed E-state index contributed by atoms with van der Waals surface area (Å²) in [5.74, 6) is 0.233. The molecule has 0 radical (unpaired) electrons. The van der Waals surface area contributed by atoms with Crippen LogP contribution in [0.3, 0.4) is 0 Å². The number of hydrogen-bond acceptors (Lipinski definition) is 6. The third-order valence-corrected chi connectivity index (χ3v) is 2.71. The van der Waals surface area contributed by atoms with Gasteiger partial charge in [-0.2, -0.15) is 4.68 Å². The van der Waals surface area contributed by atoms with Crippen LogP contribution in [0.2, 0.25) is 0 Å². The van der Waals surface area contributed by atoms with Crippen LogP contribution in [0.1, 0.15) is 4.79 Å². The van der Waals surface area contributed by atoms with E-state index in [9.17, 15) is 4.79 Å². The van der Waals surface area contributed by atoms with Gasteiger partial charge in [0, 0.05) is 11.6 Å². The summed E-state index contributed by atoms with van der Waals surface area (Å²) in [6, 6.07) is 9.30. The third-order valence-electron chi connectivity index (χ3n) is 2.71. The number of nitrogen functional groups attached to an aromatic ring is 1. The molecule has 100 valence electrons. The van der Waals surface area contributed by atoms with Crippen LogP contribution in [-0.4, -0.2) is 32.3 Å². The van der Waals surface area contributed by atoms with E-state index in [1.54, 1.807) is 12.3 Å². The summed E-state index contributed by atoms with van der Waals surface area (Å²) in [6.07, 6.45) is 2.93. The lowest BCUT2D eigenvalue weighted by atomic mass is 10.2. The standard InChI is InChI=1S/C13H11N5O2/c14-13-16-8-18(17-13)11(19)7-20-10-5-1-3-9-4-2-6-15-12(9)10/h1-6,8H,7H2,(H2,14,17). The third kappa shape index (κ3) is 2.28. The normalized spacial score (nSPS) is 10.6. The number of nitrogens with two attached hydrogens (primary N) is 1. The van der Waals surface area contributed by atoms with Crippen molar-refractivity contribution in [2.45, 2.75) is 0 Å². The Morgan fingerprint density at radius 3 is 2.90 bits per heavy atom. The summed E-state index contributed by atoms with van der Waals surface area (Å²) in [4.78, 5) is 19.8. The van der Waals surface area contributed by atoms with Gasteiger partial charge in [0.25, 0.3) is 5.91 Å². The lowest BCUT2D eigenvalue weighted by molar-refractivity contribution is 0.0822. The van der Waals surface area contributed by atoms with Crippen LogP contribution < -0.4 is 10.5 Å². The van der Waals surface area contributed by atoms with Crippen molar-refractivity contribution in [3.8, 4) is 5.75 Å². The number of rotatable bonds is 3. The zero-order valence-electron chi connectivity index (χ0n) is 10.4. The monoisotopic (exact) mass is 269 g/mol. The highest BCUT2D eigenvalue weighted by molar-refractivity contribution is 5.85. The summed E-state index contributed by atoms with van der Waals surface area (Å²) in [6.45, 7) is -0.168. The van der Waals surface area contributed by atoms with Gasteiger partial charge in [0.2, 0.25) is 5.95 Å². The molecular formula is C13H11N5O2. The van der Waals surface area contributed by atoms with Gasteiger partial charge in [0.15, 0.2) is 6.61 Å². The number of anilines is 1. The Hall–Kier alpha value is -2.96. The Labute approximate surface area is 114 Å². The lowest BCUT2D eigenvalue weighted by Crippen LogP contribution is -2.20. The molecule has 7 heteroatoms. The van der Waals surface area contributed by atoms with Gasteiger partial charge < -0.3 is 10.5 Å². The molecule has 3 aromatic rings. The second kappa shape index (κ2) is 4.96. The molecule has 3 rings (SSSR count). The first-order valence-corrected chi connectivity index (χ1v) is 5.91. The van der Waals surface area contributed by atoms with Gasteiger partial charge in [-0.05, 0) is 12.1 Å². The summed E-state index contributed by atoms with van der Waals surface area (Å²) in [7, 11) is 0. The minimum Gasteiger partial charge on any atom is -0.481 e. The van der Waals surface area contributed by atoms with Crippen LogP contribution in [-0.2, 0) is 0 Å². The maximum Gasteiger partial charge on any atom is 0.286 e. The van der Waals surface area contributed by atoms with E-state index in [-0.39, 0.29) is 18.5 Å². The SMILES string of the molecule is Nc1ncn(C(=O)COc2cccc3cccnc23)n1. The van der Waals surface area contributed by atoms with Crippen molar-refractivity contribution in [2.24, 2.45) is 0 Å². The minimum absolute atomic E-state index is 0.0465. The molecule has 0 aliphatic carbocycles. The fourth-order valence-electron chi connectivity index (χ4n) is 1.79. The highest BCUT2D eigenvalue weighted by atomic mass is 16.5. The van der Waals surface area contributed by atoms with Gasteiger partial charge >= 0.3 is 0 Å². The molecule has 0 unspecified atom stereocenters. The molecule has 2 aromatic heterocycles. The Kier molecular flexibility index (Phi) is 3.00. The molecule has 0 spiro atoms. The average molecular weight is 269 g/mol. The molecule has 0 aliphatic heterocycles. The molecule has 2 heterocycles. The summed E-state index contributed by atoms with van der Waals surface area (Å²) < 4.78 is 6.55. The molecule has 0 atom stereocenters. The molecule has 0 fully saturated rings. The number of para-hydroxylation sites is 1. The van der Waals surface area contributed by atoms with E-state index in [2.05, 4.69) is 15.1 Å². The maximum atomic E-state index is 11.8. The number of hydrogen-bond donors (Lipinski definition) is 1. The van der Waals surface area contributed by atoms with Crippen LogP contribution in [0.5, 0.6) is 5.75 Å². The van der Waals surface area contributed by atoms with Gasteiger partial charge in [-0.25, -0.2) is 4.98 Å². The molecule has 0 aliphatic rings. The van der Waals surface area contributed by atoms with E-state index in [0.717, 1.165) is 10.1 Å². The Bertz CT molecular complexity index is 763. The number of benzene rings is 1. The van der Waals surface area contributed by atoms with Crippen LogP contribution in [0.25, 0.3) is 10.9 Å². The van der Waals surface area contributed by atoms with Crippen molar-refractivity contribution >= 4 is 22.8 Å². The summed E-state index contributed by atoms with van der Waals surface area (Å²) in [5.41, 5.74) is 6.06. The number of carbonyl (C=O) groups excluding carboxylic acids is 1. The molecule has 20 heavy (non-hydrogen) atoms. The molecule has 0 saturated heterocycles. The average Bonchev–Trinajstić information content (AvgIpc) is 2.91. The van der Waals surface area contributed by atoms with Crippen molar-refractivity contribution in [3.63, 3.8) is 0 Å². The van der Waals surface area contributed by atoms with Crippen molar-refractivity contribution < 1.29 is 9.53 Å². The summed E-state index contributed by atoms with van der Waals surface area (Å²) >= 11 is 0. The van der Waals surface area contributed by atoms with Crippen molar-refractivity contribution in [1.29, 1.82) is 0 Å². The predicted octanol–water partition coefficient (Wildman–Crippen LogP) is 1.13. The van der Waals surface area contributed by atoms with E-state index in [0.29, 0.717) is 11.3 Å². The highest BCUT2D eigenvalue weighted by Gasteiger charge is 2.10. The number of pyridine rings is 1. The van der Waals surface area contributed by atoms with Crippen molar-refractivity contribution in [3.05, 3.63) is 42.9 Å². The van der Waals surface area contributed by atoms with Crippen molar-refractivity contribution in [2.75, 3.05) is 12.3 Å². The smallest absolute Gasteiger partial charge is 0.286 e. The topological polar surface area (TPSA) is 95.9 Å². The van der Waals surface area contributed by atoms with Gasteiger partial charge in [-0.3, -0.25) is 9.78 Å². The zero-order chi connectivity index (χ0) is 13.9. The molecule has 2 N–H and O–H groups in total. The van der Waals surface area contributed by atoms with E-state index in [1.807, 2.05) is 24.3 Å². The molecule has 0 saturated carbocycles. The molecule has 0 amide bonds. The predicted molar refractivity (Wildman–Crippen MR) is 72.3 cm³/mol. The number of fused-ring (bicyclic) bond motifs is 1. The number of carbonyl (C=O) groups is 1. The fraction of sp³-hybridized carbons (Fsp3) is 0.0769. The minimum atomic E-state index is -0.359. The first kappa shape index (κ1) is 12.1. The van der Waals surface area contributed by atoms with Crippen LogP contribution in [0.4, 0.5) is 5.95 Å². The van der Waals surface area contributed by atoms with Gasteiger partial charge in [-0.15, -0.1) is 5.10 Å². The Balaban J connectivity index is 1.79. The second-order valence-electron chi connectivity index (χ2n) is 4.06. The molecule has 7 nitrogen and oxygen atoms in total. The van der Waals surface area contributed by atoms with E-state index >= 15 is 0 Å². The van der Waals surface area contributed by atoms with Gasteiger partial charge in [-0.1, -0.05) is 18.2 Å². The first-order chi connectivity index (χ1) is 9.74. The largest absolute Gasteiger partial charge is 0.481 e. The number of ether oxygens (including phenoxy) is 1. The molecule has 1 aromatic carbocycles. The highest BCUT2D eigenvalue weighted by Crippen LogP contribution is 2.22. The Morgan fingerprint density at radius 2 is 2.10 bits per heavy atom. The van der Waals surface area contributed by atoms with E-state index < -0.39 is 0 Å². The second-order valence-corrected chi connectivity index (χ2v) is 4.06.